The number of rotatable bonds is 0. The Hall–Kier alpha value is -0.0400. The zero-order valence-electron chi connectivity index (χ0n) is 7.68. The third kappa shape index (κ3) is 0.585. The highest BCUT2D eigenvalue weighted by molar-refractivity contribution is 5.15. The van der Waals surface area contributed by atoms with Crippen molar-refractivity contribution in [3.63, 3.8) is 0 Å². The molecule has 12 heavy (non-hydrogen) atoms. The fraction of sp³-hybridized carbons (Fsp3) is 1.00. The van der Waals surface area contributed by atoms with Gasteiger partial charge in [0.15, 0.2) is 0 Å². The molecule has 0 aliphatic heterocycles. The summed E-state index contributed by atoms with van der Waals surface area (Å²) in [4.78, 5) is 0. The molecule has 0 aromatic heterocycles. The molecule has 0 spiro atoms. The first-order valence-corrected chi connectivity index (χ1v) is 5.47. The Balaban J connectivity index is 1.99. The van der Waals surface area contributed by atoms with Gasteiger partial charge in [0.05, 0.1) is 6.10 Å². The van der Waals surface area contributed by atoms with Crippen LogP contribution in [0.3, 0.4) is 0 Å². The lowest BCUT2D eigenvalue weighted by Crippen LogP contribution is -2.56. The van der Waals surface area contributed by atoms with E-state index < -0.39 is 0 Å². The highest BCUT2D eigenvalue weighted by Crippen LogP contribution is 2.72. The maximum atomic E-state index is 10.1. The molecule has 3 fully saturated rings. The van der Waals surface area contributed by atoms with E-state index in [0.717, 1.165) is 6.42 Å². The highest BCUT2D eigenvalue weighted by Gasteiger charge is 2.65. The average molecular weight is 166 g/mol. The van der Waals surface area contributed by atoms with Crippen molar-refractivity contribution in [3.05, 3.63) is 0 Å². The van der Waals surface area contributed by atoms with Crippen LogP contribution in [0.1, 0.15) is 51.4 Å². The van der Waals surface area contributed by atoms with Crippen LogP contribution >= 0.6 is 0 Å². The van der Waals surface area contributed by atoms with Crippen molar-refractivity contribution >= 4 is 0 Å². The van der Waals surface area contributed by atoms with Crippen molar-refractivity contribution in [1.29, 1.82) is 0 Å². The number of hydrogen-bond donors (Lipinski definition) is 1. The minimum absolute atomic E-state index is 0.0579. The van der Waals surface area contributed by atoms with Gasteiger partial charge in [-0.05, 0) is 43.9 Å². The molecule has 1 N–H and O–H groups in total. The van der Waals surface area contributed by atoms with E-state index in [4.69, 9.17) is 0 Å². The molecule has 3 rings (SSSR count). The van der Waals surface area contributed by atoms with Gasteiger partial charge in [0.1, 0.15) is 0 Å². The average Bonchev–Trinajstić information content (AvgIpc) is 2.31. The summed E-state index contributed by atoms with van der Waals surface area (Å²) in [5.74, 6) is 0. The van der Waals surface area contributed by atoms with Gasteiger partial charge in [-0.1, -0.05) is 12.8 Å². The van der Waals surface area contributed by atoms with Gasteiger partial charge in [0, 0.05) is 5.41 Å². The van der Waals surface area contributed by atoms with Gasteiger partial charge in [-0.15, -0.1) is 0 Å². The van der Waals surface area contributed by atoms with E-state index in [9.17, 15) is 5.11 Å². The molecule has 0 amide bonds. The Morgan fingerprint density at radius 1 is 0.917 bits per heavy atom. The SMILES string of the molecule is O[C@@H]1CCC[C@@]23CCC[C@@]12CC3. The molecule has 0 heterocycles. The molecule has 3 aliphatic rings. The minimum atomic E-state index is 0.0579. The third-order valence-corrected chi connectivity index (χ3v) is 5.15. The Morgan fingerprint density at radius 3 is 2.42 bits per heavy atom. The summed E-state index contributed by atoms with van der Waals surface area (Å²) in [6, 6.07) is 0. The quantitative estimate of drug-likeness (QED) is 0.586. The molecule has 0 radical (unpaired) electrons. The predicted molar refractivity (Wildman–Crippen MR) is 47.8 cm³/mol. The molecule has 1 nitrogen and oxygen atoms in total. The number of aliphatic hydroxyl groups is 1. The van der Waals surface area contributed by atoms with Crippen LogP contribution in [0.4, 0.5) is 0 Å². The molecular weight excluding hydrogens is 148 g/mol. The molecule has 0 unspecified atom stereocenters. The van der Waals surface area contributed by atoms with E-state index in [1.54, 1.807) is 0 Å². The monoisotopic (exact) mass is 166 g/mol. The Labute approximate surface area is 74.2 Å². The second-order valence-electron chi connectivity index (χ2n) is 5.20. The summed E-state index contributed by atoms with van der Waals surface area (Å²) < 4.78 is 0. The third-order valence-electron chi connectivity index (χ3n) is 5.15. The van der Waals surface area contributed by atoms with Crippen LogP contribution in [0.15, 0.2) is 0 Å². The largest absolute Gasteiger partial charge is 0.393 e. The predicted octanol–water partition coefficient (Wildman–Crippen LogP) is 2.48. The molecule has 3 aliphatic carbocycles. The number of aliphatic hydroxyl groups excluding tert-OH is 1. The summed E-state index contributed by atoms with van der Waals surface area (Å²) in [6.45, 7) is 0. The fourth-order valence-corrected chi connectivity index (χ4v) is 4.40. The lowest BCUT2D eigenvalue weighted by atomic mass is 9.44. The second kappa shape index (κ2) is 2.06. The summed E-state index contributed by atoms with van der Waals surface area (Å²) in [5.41, 5.74) is 1.05. The standard InChI is InChI=1S/C11H18O/c12-9-3-1-4-10-5-2-6-11(9,10)8-7-10/h9,12H,1-8H2/t9-,10+,11-/m1/s1. The van der Waals surface area contributed by atoms with Gasteiger partial charge in [0.25, 0.3) is 0 Å². The van der Waals surface area contributed by atoms with Gasteiger partial charge in [-0.3, -0.25) is 0 Å². The van der Waals surface area contributed by atoms with E-state index in [0.29, 0.717) is 10.8 Å². The van der Waals surface area contributed by atoms with Crippen molar-refractivity contribution in [3.8, 4) is 0 Å². The van der Waals surface area contributed by atoms with Crippen molar-refractivity contribution in [2.45, 2.75) is 57.5 Å². The van der Waals surface area contributed by atoms with E-state index in [1.807, 2.05) is 0 Å². The molecule has 0 saturated heterocycles. The summed E-state index contributed by atoms with van der Waals surface area (Å²) in [6.07, 6.45) is 10.7. The van der Waals surface area contributed by atoms with Crippen molar-refractivity contribution in [2.75, 3.05) is 0 Å². The lowest BCUT2D eigenvalue weighted by molar-refractivity contribution is -0.167. The first-order chi connectivity index (χ1) is 5.79. The lowest BCUT2D eigenvalue weighted by Gasteiger charge is -2.61. The minimum Gasteiger partial charge on any atom is -0.393 e. The van der Waals surface area contributed by atoms with Crippen LogP contribution in [-0.2, 0) is 0 Å². The molecule has 0 bridgehead atoms. The summed E-state index contributed by atoms with van der Waals surface area (Å²) in [5, 5.41) is 10.1. The van der Waals surface area contributed by atoms with Crippen LogP contribution in [0.2, 0.25) is 0 Å². The van der Waals surface area contributed by atoms with E-state index in [1.165, 1.54) is 44.9 Å². The van der Waals surface area contributed by atoms with Gasteiger partial charge in [-0.2, -0.15) is 0 Å². The van der Waals surface area contributed by atoms with Gasteiger partial charge in [-0.25, -0.2) is 0 Å². The Morgan fingerprint density at radius 2 is 1.75 bits per heavy atom. The molecule has 1 heteroatoms. The number of hydrogen-bond acceptors (Lipinski definition) is 1. The Bertz CT molecular complexity index is 213. The van der Waals surface area contributed by atoms with E-state index in [-0.39, 0.29) is 6.10 Å². The molecule has 0 aromatic carbocycles. The summed E-state index contributed by atoms with van der Waals surface area (Å²) in [7, 11) is 0. The molecule has 68 valence electrons. The topological polar surface area (TPSA) is 20.2 Å². The van der Waals surface area contributed by atoms with Crippen LogP contribution < -0.4 is 0 Å². The van der Waals surface area contributed by atoms with Crippen molar-refractivity contribution < 1.29 is 5.11 Å². The maximum absolute atomic E-state index is 10.1. The molecule has 0 aromatic rings. The van der Waals surface area contributed by atoms with Crippen LogP contribution in [0.5, 0.6) is 0 Å². The molecule has 3 saturated carbocycles. The van der Waals surface area contributed by atoms with Gasteiger partial charge < -0.3 is 5.11 Å². The zero-order chi connectivity index (χ0) is 8.23. The van der Waals surface area contributed by atoms with Crippen LogP contribution in [0, 0.1) is 10.8 Å². The van der Waals surface area contributed by atoms with E-state index >= 15 is 0 Å². The Kier molecular flexibility index (Phi) is 1.27. The van der Waals surface area contributed by atoms with Crippen LogP contribution in [0.25, 0.3) is 0 Å². The first-order valence-electron chi connectivity index (χ1n) is 5.47. The normalized spacial score (nSPS) is 57.2. The van der Waals surface area contributed by atoms with Crippen molar-refractivity contribution in [1.82, 2.24) is 0 Å². The second-order valence-corrected chi connectivity index (χ2v) is 5.20. The highest BCUT2D eigenvalue weighted by atomic mass is 16.3. The van der Waals surface area contributed by atoms with E-state index in [2.05, 4.69) is 0 Å². The summed E-state index contributed by atoms with van der Waals surface area (Å²) >= 11 is 0. The molecule has 3 atom stereocenters. The van der Waals surface area contributed by atoms with Crippen LogP contribution in [-0.4, -0.2) is 11.2 Å². The maximum Gasteiger partial charge on any atom is 0.0601 e. The molecular formula is C11H18O. The zero-order valence-corrected chi connectivity index (χ0v) is 7.68. The fourth-order valence-electron chi connectivity index (χ4n) is 4.40. The van der Waals surface area contributed by atoms with Gasteiger partial charge >= 0.3 is 0 Å². The van der Waals surface area contributed by atoms with Gasteiger partial charge in [0.2, 0.25) is 0 Å². The first kappa shape index (κ1) is 7.37. The smallest absolute Gasteiger partial charge is 0.0601 e. The van der Waals surface area contributed by atoms with Crippen molar-refractivity contribution in [2.24, 2.45) is 10.8 Å².